The Morgan fingerprint density at radius 2 is 1.07 bits per heavy atom. The topological polar surface area (TPSA) is 58.5 Å². The molecule has 0 fully saturated rings. The number of benzene rings is 4. The summed E-state index contributed by atoms with van der Waals surface area (Å²) in [5.41, 5.74) is 19.1. The molecule has 0 aliphatic carbocycles. The molecule has 3 aliphatic heterocycles. The molecule has 7 nitrogen and oxygen atoms in total. The van der Waals surface area contributed by atoms with Crippen molar-refractivity contribution in [2.45, 2.75) is 38.5 Å². The molecule has 7 rings (SSSR count). The number of aliphatic imine (C=N–C) groups is 2. The van der Waals surface area contributed by atoms with Crippen LogP contribution in [0.1, 0.15) is 38.8 Å². The van der Waals surface area contributed by atoms with E-state index in [9.17, 15) is 0 Å². The van der Waals surface area contributed by atoms with Crippen molar-refractivity contribution < 1.29 is 0 Å². The summed E-state index contributed by atoms with van der Waals surface area (Å²) in [4.78, 5) is 14.0. The lowest BCUT2D eigenvalue weighted by Crippen LogP contribution is -2.29. The lowest BCUT2D eigenvalue weighted by molar-refractivity contribution is 0.641. The Morgan fingerprint density at radius 1 is 0.578 bits per heavy atom. The Kier molecular flexibility index (Phi) is 6.77. The van der Waals surface area contributed by atoms with Crippen LogP contribution in [0, 0.1) is 0 Å². The average molecular weight is 594 g/mol. The molecule has 0 radical (unpaired) electrons. The van der Waals surface area contributed by atoms with Gasteiger partial charge in [-0.3, -0.25) is 20.8 Å². The van der Waals surface area contributed by atoms with Crippen LogP contribution in [0.3, 0.4) is 0 Å². The summed E-state index contributed by atoms with van der Waals surface area (Å²) < 4.78 is 0. The van der Waals surface area contributed by atoms with Gasteiger partial charge in [0.15, 0.2) is 0 Å². The summed E-state index contributed by atoms with van der Waals surface area (Å²) in [5, 5.41) is 1.91. The minimum Gasteiger partial charge on any atom is -0.347 e. The minimum atomic E-state index is -0.0739. The van der Waals surface area contributed by atoms with Crippen LogP contribution < -0.4 is 25.8 Å². The first-order valence-electron chi connectivity index (χ1n) is 15.4. The summed E-state index contributed by atoms with van der Waals surface area (Å²) in [7, 11) is 4.25. The largest absolute Gasteiger partial charge is 0.347 e. The van der Waals surface area contributed by atoms with Gasteiger partial charge in [-0.15, -0.1) is 0 Å². The van der Waals surface area contributed by atoms with Gasteiger partial charge in [0.25, 0.3) is 0 Å². The van der Waals surface area contributed by atoms with Crippen LogP contribution in [0.5, 0.6) is 0 Å². The summed E-state index contributed by atoms with van der Waals surface area (Å²) in [6, 6.07) is 31.5. The maximum Gasteiger partial charge on any atom is 0.0832 e. The lowest BCUT2D eigenvalue weighted by Gasteiger charge is -2.23. The van der Waals surface area contributed by atoms with Crippen molar-refractivity contribution in [2.24, 2.45) is 9.98 Å². The van der Waals surface area contributed by atoms with E-state index in [-0.39, 0.29) is 10.8 Å². The Morgan fingerprint density at radius 3 is 1.62 bits per heavy atom. The number of nitrogens with one attached hydrogen (secondary N) is 2. The Labute approximate surface area is 265 Å². The number of nitrogens with zero attached hydrogens (tertiary/aromatic N) is 5. The number of rotatable bonds is 5. The van der Waals surface area contributed by atoms with Crippen molar-refractivity contribution in [1.29, 1.82) is 0 Å². The standard InChI is InChI=1S/C38H39N7/c1-37(2)29-11-7-9-13-33(29)43(5)35(37)21-23-39-26-15-18-28(19-16-26)45-41-31-20-17-27(25-32(31)42-45)40-24-22-36-38(3,4)30-12-8-10-14-34(30)44(36)6/h7-25,41-42H,1-6H3/b35-21+,36-22+,39-23?,40-24?. The molecule has 0 amide bonds. The van der Waals surface area contributed by atoms with Crippen LogP contribution in [-0.4, -0.2) is 26.5 Å². The van der Waals surface area contributed by atoms with E-state index in [4.69, 9.17) is 9.98 Å². The van der Waals surface area contributed by atoms with Gasteiger partial charge in [0.1, 0.15) is 0 Å². The minimum absolute atomic E-state index is 0.0675. The summed E-state index contributed by atoms with van der Waals surface area (Å²) in [5.74, 6) is 0. The SMILES string of the molecule is CN1/C(=C/C=Nc2ccc(N3Nc4ccc(N=C/C=C5/N(C)c6ccccc6C5(C)C)cc4N3)cc2)C(C)(C)c2ccccc21. The molecule has 0 saturated carbocycles. The van der Waals surface area contributed by atoms with E-state index in [1.807, 2.05) is 35.7 Å². The molecular formula is C38H39N7. The normalized spacial score (nSPS) is 19.4. The number of fused-ring (bicyclic) bond motifs is 3. The molecule has 0 aromatic heterocycles. The van der Waals surface area contributed by atoms with Crippen molar-refractivity contribution in [3.63, 3.8) is 0 Å². The van der Waals surface area contributed by atoms with Crippen LogP contribution in [0.25, 0.3) is 0 Å². The van der Waals surface area contributed by atoms with E-state index in [2.05, 4.69) is 147 Å². The molecule has 7 heteroatoms. The molecule has 0 spiro atoms. The zero-order chi connectivity index (χ0) is 31.3. The van der Waals surface area contributed by atoms with Gasteiger partial charge < -0.3 is 9.80 Å². The molecule has 3 heterocycles. The van der Waals surface area contributed by atoms with Crippen LogP contribution in [0.4, 0.5) is 39.8 Å². The lowest BCUT2D eigenvalue weighted by atomic mass is 9.84. The zero-order valence-electron chi connectivity index (χ0n) is 26.7. The van der Waals surface area contributed by atoms with Gasteiger partial charge in [-0.05, 0) is 77.9 Å². The van der Waals surface area contributed by atoms with Crippen LogP contribution in [0.2, 0.25) is 0 Å². The van der Waals surface area contributed by atoms with Gasteiger partial charge in [0, 0.05) is 60.1 Å². The fourth-order valence-corrected chi connectivity index (χ4v) is 6.88. The first kappa shape index (κ1) is 28.5. The molecular weight excluding hydrogens is 554 g/mol. The number of hydrogen-bond acceptors (Lipinski definition) is 7. The van der Waals surface area contributed by atoms with Crippen molar-refractivity contribution in [2.75, 3.05) is 39.9 Å². The second kappa shape index (κ2) is 10.7. The first-order chi connectivity index (χ1) is 21.6. The van der Waals surface area contributed by atoms with E-state index in [1.165, 1.54) is 33.9 Å². The Balaban J connectivity index is 1.01. The van der Waals surface area contributed by atoms with Gasteiger partial charge in [-0.2, -0.15) is 5.12 Å². The van der Waals surface area contributed by atoms with Crippen molar-refractivity contribution >= 4 is 52.2 Å². The van der Waals surface area contributed by atoms with Crippen molar-refractivity contribution in [3.05, 3.63) is 126 Å². The van der Waals surface area contributed by atoms with E-state index < -0.39 is 0 Å². The number of hydrogen-bond donors (Lipinski definition) is 2. The molecule has 45 heavy (non-hydrogen) atoms. The maximum absolute atomic E-state index is 4.76. The van der Waals surface area contributed by atoms with Gasteiger partial charge in [-0.1, -0.05) is 64.1 Å². The summed E-state index contributed by atoms with van der Waals surface area (Å²) in [6.07, 6.45) is 8.05. The van der Waals surface area contributed by atoms with E-state index >= 15 is 0 Å². The number of allylic oxidation sites excluding steroid dienone is 4. The fraction of sp³-hybridized carbons (Fsp3) is 0.211. The predicted octanol–water partition coefficient (Wildman–Crippen LogP) is 8.89. The van der Waals surface area contributed by atoms with Crippen LogP contribution in [0.15, 0.2) is 125 Å². The second-order valence-electron chi connectivity index (χ2n) is 12.9. The quantitative estimate of drug-likeness (QED) is 0.226. The third-order valence-electron chi connectivity index (χ3n) is 9.37. The zero-order valence-corrected chi connectivity index (χ0v) is 26.7. The summed E-state index contributed by atoms with van der Waals surface area (Å²) >= 11 is 0. The number of para-hydroxylation sites is 2. The second-order valence-corrected chi connectivity index (χ2v) is 12.9. The van der Waals surface area contributed by atoms with E-state index in [0.717, 1.165) is 28.4 Å². The highest BCUT2D eigenvalue weighted by molar-refractivity contribution is 5.85. The van der Waals surface area contributed by atoms with E-state index in [1.54, 1.807) is 0 Å². The van der Waals surface area contributed by atoms with Crippen LogP contribution >= 0.6 is 0 Å². The van der Waals surface area contributed by atoms with Gasteiger partial charge in [0.2, 0.25) is 0 Å². The molecule has 0 unspecified atom stereocenters. The average Bonchev–Trinajstić information content (AvgIpc) is 3.61. The molecule has 4 aromatic carbocycles. The number of hydrazine groups is 2. The molecule has 3 aliphatic rings. The highest BCUT2D eigenvalue weighted by atomic mass is 15.8. The monoisotopic (exact) mass is 593 g/mol. The highest BCUT2D eigenvalue weighted by Gasteiger charge is 2.38. The fourth-order valence-electron chi connectivity index (χ4n) is 6.88. The van der Waals surface area contributed by atoms with E-state index in [0.29, 0.717) is 0 Å². The van der Waals surface area contributed by atoms with Gasteiger partial charge >= 0.3 is 0 Å². The third kappa shape index (κ3) is 4.85. The summed E-state index contributed by atoms with van der Waals surface area (Å²) in [6.45, 7) is 9.06. The molecule has 0 bridgehead atoms. The number of anilines is 5. The smallest absolute Gasteiger partial charge is 0.0832 e. The predicted molar refractivity (Wildman–Crippen MR) is 191 cm³/mol. The van der Waals surface area contributed by atoms with Gasteiger partial charge in [-0.25, -0.2) is 0 Å². The van der Waals surface area contributed by atoms with Crippen molar-refractivity contribution in [3.8, 4) is 0 Å². The first-order valence-corrected chi connectivity index (χ1v) is 15.4. The third-order valence-corrected chi connectivity index (χ3v) is 9.37. The van der Waals surface area contributed by atoms with Crippen molar-refractivity contribution in [1.82, 2.24) is 0 Å². The Hall–Kier alpha value is -5.30. The Bertz CT molecular complexity index is 1900. The molecule has 4 aromatic rings. The molecule has 0 atom stereocenters. The highest BCUT2D eigenvalue weighted by Crippen LogP contribution is 2.47. The van der Waals surface area contributed by atoms with Gasteiger partial charge in [0.05, 0.1) is 28.4 Å². The maximum atomic E-state index is 4.76. The number of likely N-dealkylation sites (N-methyl/N-ethyl adjacent to an activating group) is 2. The molecule has 2 N–H and O–H groups in total. The van der Waals surface area contributed by atoms with Crippen LogP contribution in [-0.2, 0) is 10.8 Å². The molecule has 226 valence electrons. The molecule has 0 saturated heterocycles.